The number of methoxy groups -OCH3 is 1. The minimum Gasteiger partial charge on any atom is -0.467 e. The average molecular weight is 480 g/mol. The SMILES string of the molecule is COC(=O)C(Cc1ccccc1)NC(=O)Nc1ccc(Oc2c(F)c(F)c(F)c(F)c2F)cc1. The fraction of sp³-hybridized carbons (Fsp3) is 0.130. The molecule has 0 heterocycles. The molecule has 0 aliphatic rings. The third-order valence-corrected chi connectivity index (χ3v) is 4.58. The number of benzene rings is 3. The highest BCUT2D eigenvalue weighted by molar-refractivity contribution is 5.92. The number of hydrogen-bond donors (Lipinski definition) is 2. The highest BCUT2D eigenvalue weighted by Crippen LogP contribution is 2.33. The van der Waals surface area contributed by atoms with Gasteiger partial charge in [-0.15, -0.1) is 0 Å². The van der Waals surface area contributed by atoms with Crippen molar-refractivity contribution >= 4 is 17.7 Å². The average Bonchev–Trinajstić information content (AvgIpc) is 2.85. The summed E-state index contributed by atoms with van der Waals surface area (Å²) in [5.74, 6) is -13.2. The quantitative estimate of drug-likeness (QED) is 0.214. The largest absolute Gasteiger partial charge is 0.467 e. The van der Waals surface area contributed by atoms with Crippen LogP contribution in [-0.4, -0.2) is 25.2 Å². The first-order valence-corrected chi connectivity index (χ1v) is 9.69. The van der Waals surface area contributed by atoms with E-state index < -0.39 is 52.9 Å². The van der Waals surface area contributed by atoms with Crippen molar-refractivity contribution in [1.29, 1.82) is 0 Å². The smallest absolute Gasteiger partial charge is 0.328 e. The Bertz CT molecular complexity index is 1160. The molecule has 1 atom stereocenters. The Kier molecular flexibility index (Phi) is 7.67. The summed E-state index contributed by atoms with van der Waals surface area (Å²) in [5.41, 5.74) is 0.971. The fourth-order valence-corrected chi connectivity index (χ4v) is 2.91. The van der Waals surface area contributed by atoms with E-state index in [9.17, 15) is 31.5 Å². The third kappa shape index (κ3) is 5.61. The minimum absolute atomic E-state index is 0.176. The Morgan fingerprint density at radius 1 is 0.824 bits per heavy atom. The maximum absolute atomic E-state index is 13.8. The van der Waals surface area contributed by atoms with Crippen LogP contribution < -0.4 is 15.4 Å². The van der Waals surface area contributed by atoms with Gasteiger partial charge >= 0.3 is 12.0 Å². The van der Waals surface area contributed by atoms with Gasteiger partial charge in [0.15, 0.2) is 0 Å². The topological polar surface area (TPSA) is 76.7 Å². The van der Waals surface area contributed by atoms with Crippen LogP contribution in [0.5, 0.6) is 11.5 Å². The number of amides is 2. The lowest BCUT2D eigenvalue weighted by atomic mass is 10.1. The second-order valence-corrected chi connectivity index (χ2v) is 6.89. The van der Waals surface area contributed by atoms with Crippen LogP contribution in [0.4, 0.5) is 32.4 Å². The second kappa shape index (κ2) is 10.6. The van der Waals surface area contributed by atoms with Gasteiger partial charge < -0.3 is 20.1 Å². The number of rotatable bonds is 7. The van der Waals surface area contributed by atoms with Gasteiger partial charge in [0, 0.05) is 12.1 Å². The number of carbonyl (C=O) groups excluding carboxylic acids is 2. The van der Waals surface area contributed by atoms with Gasteiger partial charge in [0.2, 0.25) is 34.8 Å². The molecule has 3 aromatic carbocycles. The summed E-state index contributed by atoms with van der Waals surface area (Å²) < 4.78 is 76.8. The molecule has 0 fully saturated rings. The first-order chi connectivity index (χ1) is 16.2. The van der Waals surface area contributed by atoms with Crippen LogP contribution in [0, 0.1) is 29.1 Å². The lowest BCUT2D eigenvalue weighted by Gasteiger charge is -2.17. The highest BCUT2D eigenvalue weighted by Gasteiger charge is 2.27. The van der Waals surface area contributed by atoms with Gasteiger partial charge in [0.05, 0.1) is 7.11 Å². The predicted molar refractivity (Wildman–Crippen MR) is 111 cm³/mol. The Morgan fingerprint density at radius 2 is 1.38 bits per heavy atom. The van der Waals surface area contributed by atoms with Crippen molar-refractivity contribution in [3.63, 3.8) is 0 Å². The van der Waals surface area contributed by atoms with Crippen molar-refractivity contribution in [2.24, 2.45) is 0 Å². The third-order valence-electron chi connectivity index (χ3n) is 4.58. The Balaban J connectivity index is 1.67. The number of nitrogens with one attached hydrogen (secondary N) is 2. The van der Waals surface area contributed by atoms with Crippen molar-refractivity contribution in [3.05, 3.63) is 89.2 Å². The normalized spacial score (nSPS) is 11.5. The van der Waals surface area contributed by atoms with Gasteiger partial charge in [-0.05, 0) is 29.8 Å². The van der Waals surface area contributed by atoms with E-state index in [2.05, 4.69) is 10.6 Å². The molecule has 3 aromatic rings. The van der Waals surface area contributed by atoms with E-state index in [4.69, 9.17) is 9.47 Å². The van der Waals surface area contributed by atoms with E-state index in [1.54, 1.807) is 30.3 Å². The van der Waals surface area contributed by atoms with Crippen molar-refractivity contribution in [2.75, 3.05) is 12.4 Å². The van der Waals surface area contributed by atoms with E-state index >= 15 is 0 Å². The zero-order valence-corrected chi connectivity index (χ0v) is 17.5. The van der Waals surface area contributed by atoms with Gasteiger partial charge in [-0.25, -0.2) is 22.8 Å². The number of esters is 1. The maximum atomic E-state index is 13.8. The number of hydrogen-bond acceptors (Lipinski definition) is 4. The molecular formula is C23H17F5N2O4. The minimum atomic E-state index is -2.30. The van der Waals surface area contributed by atoms with Gasteiger partial charge in [-0.1, -0.05) is 30.3 Å². The van der Waals surface area contributed by atoms with Crippen LogP contribution >= 0.6 is 0 Å². The molecule has 0 radical (unpaired) electrons. The lowest BCUT2D eigenvalue weighted by Crippen LogP contribution is -2.45. The molecule has 0 spiro atoms. The summed E-state index contributed by atoms with van der Waals surface area (Å²) in [6.07, 6.45) is 0.176. The number of ether oxygens (including phenoxy) is 2. The van der Waals surface area contributed by atoms with Crippen LogP contribution in [-0.2, 0) is 16.0 Å². The molecule has 0 aromatic heterocycles. The van der Waals surface area contributed by atoms with Crippen LogP contribution in [0.15, 0.2) is 54.6 Å². The molecule has 34 heavy (non-hydrogen) atoms. The Labute approximate surface area is 190 Å². The number of halogens is 5. The summed E-state index contributed by atoms with van der Waals surface area (Å²) in [5, 5.41) is 4.92. The summed E-state index contributed by atoms with van der Waals surface area (Å²) in [7, 11) is 1.18. The van der Waals surface area contributed by atoms with Crippen molar-refractivity contribution in [2.45, 2.75) is 12.5 Å². The standard InChI is InChI=1S/C23H17F5N2O4/c1-33-22(31)15(11-12-5-3-2-4-6-12)30-23(32)29-13-7-9-14(10-8-13)34-21-19(27)17(25)16(24)18(26)20(21)28/h2-10,15H,11H2,1H3,(H2,29,30,32). The molecule has 2 N–H and O–H groups in total. The van der Waals surface area contributed by atoms with Gasteiger partial charge in [0.25, 0.3) is 0 Å². The van der Waals surface area contributed by atoms with E-state index in [0.29, 0.717) is 0 Å². The zero-order valence-electron chi connectivity index (χ0n) is 17.5. The summed E-state index contributed by atoms with van der Waals surface area (Å²) in [6, 6.07) is 12.0. The monoisotopic (exact) mass is 480 g/mol. The summed E-state index contributed by atoms with van der Waals surface area (Å²) in [6.45, 7) is 0. The predicted octanol–water partition coefficient (Wildman–Crippen LogP) is 5.08. The molecule has 1 unspecified atom stereocenters. The van der Waals surface area contributed by atoms with E-state index in [1.807, 2.05) is 0 Å². The highest BCUT2D eigenvalue weighted by atomic mass is 19.2. The van der Waals surface area contributed by atoms with Crippen LogP contribution in [0.1, 0.15) is 5.56 Å². The first-order valence-electron chi connectivity index (χ1n) is 9.69. The molecule has 0 aliphatic heterocycles. The van der Waals surface area contributed by atoms with Crippen molar-refractivity contribution in [3.8, 4) is 11.5 Å². The van der Waals surface area contributed by atoms with Gasteiger partial charge in [-0.3, -0.25) is 0 Å². The molecular weight excluding hydrogens is 463 g/mol. The number of anilines is 1. The molecule has 0 saturated heterocycles. The van der Waals surface area contributed by atoms with Crippen molar-refractivity contribution < 1.29 is 41.0 Å². The lowest BCUT2D eigenvalue weighted by molar-refractivity contribution is -0.142. The second-order valence-electron chi connectivity index (χ2n) is 6.89. The van der Waals surface area contributed by atoms with Gasteiger partial charge in [0.1, 0.15) is 11.8 Å². The molecule has 0 bridgehead atoms. The molecule has 0 aliphatic carbocycles. The van der Waals surface area contributed by atoms with Crippen molar-refractivity contribution in [1.82, 2.24) is 5.32 Å². The molecule has 11 heteroatoms. The molecule has 2 amide bonds. The van der Waals surface area contributed by atoms with E-state index in [0.717, 1.165) is 17.7 Å². The Morgan fingerprint density at radius 3 is 1.94 bits per heavy atom. The zero-order chi connectivity index (χ0) is 24.8. The van der Waals surface area contributed by atoms with E-state index in [1.165, 1.54) is 19.2 Å². The first kappa shape index (κ1) is 24.5. The van der Waals surface area contributed by atoms with Crippen LogP contribution in [0.25, 0.3) is 0 Å². The maximum Gasteiger partial charge on any atom is 0.328 e. The van der Waals surface area contributed by atoms with Gasteiger partial charge in [-0.2, -0.15) is 8.78 Å². The fourth-order valence-electron chi connectivity index (χ4n) is 2.91. The molecule has 178 valence electrons. The van der Waals surface area contributed by atoms with E-state index in [-0.39, 0.29) is 17.9 Å². The molecule has 0 saturated carbocycles. The summed E-state index contributed by atoms with van der Waals surface area (Å²) >= 11 is 0. The van der Waals surface area contributed by atoms with Crippen LogP contribution in [0.3, 0.4) is 0 Å². The number of urea groups is 1. The molecule has 3 rings (SSSR count). The summed E-state index contributed by atoms with van der Waals surface area (Å²) in [4.78, 5) is 24.4. The van der Waals surface area contributed by atoms with Crippen LogP contribution in [0.2, 0.25) is 0 Å². The molecule has 6 nitrogen and oxygen atoms in total. The number of carbonyl (C=O) groups is 2. The Hall–Kier alpha value is -4.15.